The second-order valence-electron chi connectivity index (χ2n) is 5.57. The minimum absolute atomic E-state index is 0.835. The van der Waals surface area contributed by atoms with Gasteiger partial charge in [-0.25, -0.2) is 0 Å². The standard InChI is InChI=1S/C17H23NO/c1(2-4-11-18-16-7-8-16)3-5-14-6-9-17-15(13-14)10-12-19-17/h1-2,6,9,13,16,18H,3-5,7-8,10-12H2. The molecule has 1 N–H and O–H groups in total. The Kier molecular flexibility index (Phi) is 4.19. The van der Waals surface area contributed by atoms with E-state index in [1.54, 1.807) is 0 Å². The number of aryl methyl sites for hydroxylation is 1. The van der Waals surface area contributed by atoms with E-state index in [0.717, 1.165) is 50.6 Å². The van der Waals surface area contributed by atoms with Gasteiger partial charge in [0.05, 0.1) is 6.61 Å². The largest absolute Gasteiger partial charge is 0.493 e. The summed E-state index contributed by atoms with van der Waals surface area (Å²) in [5, 5.41) is 3.53. The van der Waals surface area contributed by atoms with Gasteiger partial charge in [-0.2, -0.15) is 0 Å². The zero-order valence-electron chi connectivity index (χ0n) is 11.5. The highest BCUT2D eigenvalue weighted by molar-refractivity contribution is 5.39. The Bertz CT molecular complexity index is 449. The highest BCUT2D eigenvalue weighted by Gasteiger charge is 2.19. The van der Waals surface area contributed by atoms with Crippen molar-refractivity contribution in [2.24, 2.45) is 0 Å². The third-order valence-corrected chi connectivity index (χ3v) is 3.84. The first-order valence-electron chi connectivity index (χ1n) is 7.55. The number of benzene rings is 1. The molecule has 0 unspecified atom stereocenters. The van der Waals surface area contributed by atoms with E-state index in [0.29, 0.717) is 0 Å². The normalized spacial score (nSPS) is 17.7. The van der Waals surface area contributed by atoms with Crippen molar-refractivity contribution in [3.8, 4) is 5.75 Å². The average molecular weight is 257 g/mol. The van der Waals surface area contributed by atoms with E-state index in [2.05, 4.69) is 35.7 Å². The van der Waals surface area contributed by atoms with Gasteiger partial charge in [0.15, 0.2) is 0 Å². The molecule has 0 saturated heterocycles. The van der Waals surface area contributed by atoms with Crippen LogP contribution in [-0.4, -0.2) is 19.2 Å². The molecular formula is C17H23NO. The van der Waals surface area contributed by atoms with Crippen LogP contribution < -0.4 is 10.1 Å². The molecule has 3 rings (SSSR count). The Morgan fingerprint density at radius 3 is 3.00 bits per heavy atom. The number of rotatable bonds is 7. The Morgan fingerprint density at radius 1 is 1.21 bits per heavy atom. The van der Waals surface area contributed by atoms with Crippen molar-refractivity contribution in [1.29, 1.82) is 0 Å². The molecule has 1 saturated carbocycles. The van der Waals surface area contributed by atoms with Gasteiger partial charge in [0.2, 0.25) is 0 Å². The number of fused-ring (bicyclic) bond motifs is 1. The van der Waals surface area contributed by atoms with Crippen LogP contribution >= 0.6 is 0 Å². The first-order valence-corrected chi connectivity index (χ1v) is 7.55. The van der Waals surface area contributed by atoms with Crippen LogP contribution in [-0.2, 0) is 12.8 Å². The van der Waals surface area contributed by atoms with Crippen molar-refractivity contribution in [3.63, 3.8) is 0 Å². The van der Waals surface area contributed by atoms with Crippen LogP contribution in [0.15, 0.2) is 30.4 Å². The predicted octanol–water partition coefficient (Wildman–Crippen LogP) is 3.25. The molecule has 0 aromatic heterocycles. The molecule has 0 amide bonds. The number of hydrogen-bond donors (Lipinski definition) is 1. The topological polar surface area (TPSA) is 21.3 Å². The fourth-order valence-electron chi connectivity index (χ4n) is 2.54. The van der Waals surface area contributed by atoms with Crippen LogP contribution in [0, 0.1) is 0 Å². The van der Waals surface area contributed by atoms with Gasteiger partial charge in [0.1, 0.15) is 5.75 Å². The monoisotopic (exact) mass is 257 g/mol. The lowest BCUT2D eigenvalue weighted by atomic mass is 10.0. The summed E-state index contributed by atoms with van der Waals surface area (Å²) in [6.07, 6.45) is 11.9. The van der Waals surface area contributed by atoms with Crippen molar-refractivity contribution >= 4 is 0 Å². The number of ether oxygens (including phenoxy) is 1. The molecule has 2 aliphatic rings. The van der Waals surface area contributed by atoms with E-state index in [4.69, 9.17) is 4.74 Å². The Labute approximate surface area is 115 Å². The molecular weight excluding hydrogens is 234 g/mol. The van der Waals surface area contributed by atoms with Gasteiger partial charge < -0.3 is 10.1 Å². The van der Waals surface area contributed by atoms with Gasteiger partial charge in [-0.1, -0.05) is 24.3 Å². The quantitative estimate of drug-likeness (QED) is 0.598. The van der Waals surface area contributed by atoms with Gasteiger partial charge in [-0.15, -0.1) is 0 Å². The third-order valence-electron chi connectivity index (χ3n) is 3.84. The number of nitrogens with one attached hydrogen (secondary N) is 1. The molecule has 1 fully saturated rings. The van der Waals surface area contributed by atoms with Crippen molar-refractivity contribution in [2.75, 3.05) is 13.2 Å². The van der Waals surface area contributed by atoms with Crippen molar-refractivity contribution in [3.05, 3.63) is 41.5 Å². The second-order valence-corrected chi connectivity index (χ2v) is 5.57. The Hall–Kier alpha value is -1.28. The van der Waals surface area contributed by atoms with Crippen LogP contribution in [0.5, 0.6) is 5.75 Å². The van der Waals surface area contributed by atoms with Gasteiger partial charge in [0.25, 0.3) is 0 Å². The molecule has 1 heterocycles. The molecule has 0 spiro atoms. The SMILES string of the molecule is C(=CCCc1ccc2c(c1)CCO2)CCNC1CC1. The van der Waals surface area contributed by atoms with Gasteiger partial charge in [0, 0.05) is 12.5 Å². The summed E-state index contributed by atoms with van der Waals surface area (Å²) >= 11 is 0. The van der Waals surface area contributed by atoms with E-state index < -0.39 is 0 Å². The molecule has 102 valence electrons. The molecule has 1 aromatic rings. The van der Waals surface area contributed by atoms with Gasteiger partial charge in [-0.05, 0) is 55.8 Å². The summed E-state index contributed by atoms with van der Waals surface area (Å²) in [7, 11) is 0. The fourth-order valence-corrected chi connectivity index (χ4v) is 2.54. The highest BCUT2D eigenvalue weighted by Crippen LogP contribution is 2.26. The van der Waals surface area contributed by atoms with Crippen LogP contribution in [0.4, 0.5) is 0 Å². The van der Waals surface area contributed by atoms with Crippen molar-refractivity contribution < 1.29 is 4.74 Å². The molecule has 0 bridgehead atoms. The molecule has 2 heteroatoms. The van der Waals surface area contributed by atoms with Crippen molar-refractivity contribution in [1.82, 2.24) is 5.32 Å². The second kappa shape index (κ2) is 6.25. The Morgan fingerprint density at radius 2 is 2.11 bits per heavy atom. The zero-order chi connectivity index (χ0) is 12.9. The minimum atomic E-state index is 0.835. The number of allylic oxidation sites excluding steroid dienone is 1. The van der Waals surface area contributed by atoms with Crippen LogP contribution in [0.2, 0.25) is 0 Å². The first kappa shape index (κ1) is 12.7. The smallest absolute Gasteiger partial charge is 0.122 e. The lowest BCUT2D eigenvalue weighted by Crippen LogP contribution is -2.16. The first-order chi connectivity index (χ1) is 9.42. The van der Waals surface area contributed by atoms with Crippen LogP contribution in [0.25, 0.3) is 0 Å². The van der Waals surface area contributed by atoms with Crippen LogP contribution in [0.3, 0.4) is 0 Å². The van der Waals surface area contributed by atoms with Gasteiger partial charge >= 0.3 is 0 Å². The van der Waals surface area contributed by atoms with E-state index >= 15 is 0 Å². The molecule has 19 heavy (non-hydrogen) atoms. The summed E-state index contributed by atoms with van der Waals surface area (Å²) in [5.74, 6) is 1.09. The highest BCUT2D eigenvalue weighted by atomic mass is 16.5. The Balaban J connectivity index is 1.35. The average Bonchev–Trinajstić information content (AvgIpc) is 3.13. The summed E-state index contributed by atoms with van der Waals surface area (Å²) in [6, 6.07) is 7.47. The molecule has 2 nitrogen and oxygen atoms in total. The maximum atomic E-state index is 5.53. The predicted molar refractivity (Wildman–Crippen MR) is 78.7 cm³/mol. The molecule has 0 atom stereocenters. The third kappa shape index (κ3) is 3.84. The maximum Gasteiger partial charge on any atom is 0.122 e. The lowest BCUT2D eigenvalue weighted by molar-refractivity contribution is 0.357. The zero-order valence-corrected chi connectivity index (χ0v) is 11.5. The molecule has 0 radical (unpaired) electrons. The molecule has 1 aromatic carbocycles. The molecule has 1 aliphatic heterocycles. The van der Waals surface area contributed by atoms with E-state index in [9.17, 15) is 0 Å². The molecule has 1 aliphatic carbocycles. The lowest BCUT2D eigenvalue weighted by Gasteiger charge is -2.02. The summed E-state index contributed by atoms with van der Waals surface area (Å²) in [5.41, 5.74) is 2.82. The summed E-state index contributed by atoms with van der Waals surface area (Å²) < 4.78 is 5.53. The van der Waals surface area contributed by atoms with E-state index in [-0.39, 0.29) is 0 Å². The summed E-state index contributed by atoms with van der Waals surface area (Å²) in [6.45, 7) is 1.99. The van der Waals surface area contributed by atoms with Crippen LogP contribution in [0.1, 0.15) is 36.8 Å². The summed E-state index contributed by atoms with van der Waals surface area (Å²) in [4.78, 5) is 0. The maximum absolute atomic E-state index is 5.53. The van der Waals surface area contributed by atoms with Gasteiger partial charge in [-0.3, -0.25) is 0 Å². The van der Waals surface area contributed by atoms with E-state index in [1.165, 1.54) is 24.0 Å². The fraction of sp³-hybridized carbons (Fsp3) is 0.529. The van der Waals surface area contributed by atoms with Crippen molar-refractivity contribution in [2.45, 2.75) is 44.6 Å². The van der Waals surface area contributed by atoms with E-state index in [1.807, 2.05) is 0 Å². The number of hydrogen-bond acceptors (Lipinski definition) is 2. The minimum Gasteiger partial charge on any atom is -0.493 e.